The van der Waals surface area contributed by atoms with Crippen molar-refractivity contribution in [3.8, 4) is 0 Å². The first-order valence-corrected chi connectivity index (χ1v) is 8.53. The molecule has 1 aromatic rings. The van der Waals surface area contributed by atoms with Gasteiger partial charge in [0.05, 0.1) is 10.2 Å². The average molecular weight is 339 g/mol. The fourth-order valence-corrected chi connectivity index (χ4v) is 3.79. The first-order chi connectivity index (χ1) is 10.3. The summed E-state index contributed by atoms with van der Waals surface area (Å²) in [7, 11) is -4.45. The van der Waals surface area contributed by atoms with Crippen molar-refractivity contribution in [3.05, 3.63) is 63.0 Å². The molecule has 0 radical (unpaired) electrons. The monoisotopic (exact) mass is 339 g/mol. The van der Waals surface area contributed by atoms with Crippen LogP contribution in [0.4, 0.5) is 5.69 Å². The second-order valence-corrected chi connectivity index (χ2v) is 6.85. The first kappa shape index (κ1) is 16.7. The highest BCUT2D eigenvalue weighted by Gasteiger charge is 2.34. The number of hydrogen-bond donors (Lipinski definition) is 2. The molecule has 22 heavy (non-hydrogen) atoms. The third-order valence-corrected chi connectivity index (χ3v) is 5.12. The van der Waals surface area contributed by atoms with Crippen molar-refractivity contribution in [2.45, 2.75) is 19.3 Å². The Bertz CT molecular complexity index is 732. The fourth-order valence-electron chi connectivity index (χ4n) is 2.40. The number of rotatable bonds is 4. The molecule has 2 rings (SSSR count). The maximum absolute atomic E-state index is 11.5. The summed E-state index contributed by atoms with van der Waals surface area (Å²) in [6.07, 6.45) is 3.69. The molecule has 0 aliphatic heterocycles. The Morgan fingerprint density at radius 3 is 2.32 bits per heavy atom. The summed E-state index contributed by atoms with van der Waals surface area (Å²) in [5.74, 6) is -0.451. The Hall–Kier alpha value is -1.66. The zero-order valence-electron chi connectivity index (χ0n) is 11.7. The molecule has 0 fully saturated rings. The quantitative estimate of drug-likeness (QED) is 0.377. The van der Waals surface area contributed by atoms with Crippen molar-refractivity contribution in [3.63, 3.8) is 0 Å². The number of allylic oxidation sites excluding steroid dienone is 4. The average Bonchev–Trinajstić information content (AvgIpc) is 2.45. The standard InChI is InChI=1S/C14H14NO5PS/c1-2-9-5-8-12(21(18,19)20)14(22)13(9)10-3-6-11(7-4-10)15(16)17/h3-8,13H,2H2,1H3,(H2,18,19,20). The van der Waals surface area contributed by atoms with E-state index in [9.17, 15) is 24.5 Å². The number of nitro benzene ring substituents is 1. The summed E-state index contributed by atoms with van der Waals surface area (Å²) in [5, 5.41) is 10.5. The Morgan fingerprint density at radius 2 is 1.86 bits per heavy atom. The minimum absolute atomic E-state index is 0.0433. The third-order valence-electron chi connectivity index (χ3n) is 3.50. The first-order valence-electron chi connectivity index (χ1n) is 6.51. The molecule has 1 aliphatic carbocycles. The van der Waals surface area contributed by atoms with Crippen molar-refractivity contribution in [2.75, 3.05) is 0 Å². The minimum atomic E-state index is -4.45. The molecule has 0 saturated heterocycles. The van der Waals surface area contributed by atoms with Crippen LogP contribution in [0.15, 0.2) is 47.3 Å². The van der Waals surface area contributed by atoms with E-state index in [0.717, 1.165) is 5.57 Å². The van der Waals surface area contributed by atoms with Crippen LogP contribution in [-0.2, 0) is 4.57 Å². The SMILES string of the molecule is CCC1=CC=C(P(=O)(O)O)C(=S)C1c1ccc([N+](=O)[O-])cc1. The van der Waals surface area contributed by atoms with E-state index in [2.05, 4.69) is 0 Å². The molecular weight excluding hydrogens is 325 g/mol. The molecule has 8 heteroatoms. The second-order valence-electron chi connectivity index (χ2n) is 4.84. The molecular formula is C14H14NO5PS. The number of non-ortho nitro benzene ring substituents is 1. The summed E-state index contributed by atoms with van der Waals surface area (Å²) in [4.78, 5) is 29.2. The maximum atomic E-state index is 11.5. The summed E-state index contributed by atoms with van der Waals surface area (Å²) >= 11 is 5.27. The lowest BCUT2D eigenvalue weighted by Gasteiger charge is -2.26. The Morgan fingerprint density at radius 1 is 1.27 bits per heavy atom. The molecule has 1 atom stereocenters. The van der Waals surface area contributed by atoms with Gasteiger partial charge in [-0.15, -0.1) is 0 Å². The highest BCUT2D eigenvalue weighted by Crippen LogP contribution is 2.51. The van der Waals surface area contributed by atoms with E-state index in [1.165, 1.54) is 18.2 Å². The molecule has 0 saturated carbocycles. The normalized spacial score (nSPS) is 18.7. The molecule has 1 aliphatic rings. The van der Waals surface area contributed by atoms with E-state index in [4.69, 9.17) is 12.2 Å². The van der Waals surface area contributed by atoms with Crippen LogP contribution in [0.3, 0.4) is 0 Å². The molecule has 2 N–H and O–H groups in total. The lowest BCUT2D eigenvalue weighted by Crippen LogP contribution is -2.18. The van der Waals surface area contributed by atoms with Gasteiger partial charge in [-0.2, -0.15) is 0 Å². The van der Waals surface area contributed by atoms with Gasteiger partial charge in [0, 0.05) is 22.9 Å². The summed E-state index contributed by atoms with van der Waals surface area (Å²) < 4.78 is 11.5. The summed E-state index contributed by atoms with van der Waals surface area (Å²) in [6, 6.07) is 5.86. The van der Waals surface area contributed by atoms with Gasteiger partial charge in [-0.1, -0.05) is 42.9 Å². The van der Waals surface area contributed by atoms with Gasteiger partial charge < -0.3 is 9.79 Å². The second kappa shape index (κ2) is 6.22. The predicted octanol–water partition coefficient (Wildman–Crippen LogP) is 3.46. The van der Waals surface area contributed by atoms with Gasteiger partial charge in [0.2, 0.25) is 0 Å². The van der Waals surface area contributed by atoms with E-state index in [1.807, 2.05) is 6.92 Å². The van der Waals surface area contributed by atoms with E-state index < -0.39 is 18.4 Å². The van der Waals surface area contributed by atoms with Gasteiger partial charge in [-0.25, -0.2) is 0 Å². The van der Waals surface area contributed by atoms with Crippen LogP contribution < -0.4 is 0 Å². The molecule has 0 amide bonds. The van der Waals surface area contributed by atoms with Crippen LogP contribution >= 0.6 is 19.8 Å². The lowest BCUT2D eigenvalue weighted by atomic mass is 9.83. The van der Waals surface area contributed by atoms with Gasteiger partial charge >= 0.3 is 7.60 Å². The molecule has 0 spiro atoms. The van der Waals surface area contributed by atoms with Crippen molar-refractivity contribution in [1.29, 1.82) is 0 Å². The summed E-state index contributed by atoms with van der Waals surface area (Å²) in [6.45, 7) is 1.92. The molecule has 116 valence electrons. The molecule has 0 bridgehead atoms. The number of hydrogen-bond acceptors (Lipinski definition) is 4. The lowest BCUT2D eigenvalue weighted by molar-refractivity contribution is -0.384. The van der Waals surface area contributed by atoms with Crippen molar-refractivity contribution in [2.24, 2.45) is 0 Å². The molecule has 1 aromatic carbocycles. The van der Waals surface area contributed by atoms with Crippen molar-refractivity contribution in [1.82, 2.24) is 0 Å². The predicted molar refractivity (Wildman–Crippen MR) is 86.9 cm³/mol. The molecule has 1 unspecified atom stereocenters. The van der Waals surface area contributed by atoms with Crippen LogP contribution in [0, 0.1) is 10.1 Å². The van der Waals surface area contributed by atoms with Gasteiger partial charge in [-0.05, 0) is 18.1 Å². The van der Waals surface area contributed by atoms with Crippen LogP contribution in [0.1, 0.15) is 24.8 Å². The Kier molecular flexibility index (Phi) is 4.72. The van der Waals surface area contributed by atoms with Crippen molar-refractivity contribution >= 4 is 30.4 Å². The van der Waals surface area contributed by atoms with Gasteiger partial charge in [0.25, 0.3) is 5.69 Å². The topological polar surface area (TPSA) is 101 Å². The molecule has 0 aromatic heterocycles. The highest BCUT2D eigenvalue weighted by atomic mass is 32.1. The molecule has 0 heterocycles. The van der Waals surface area contributed by atoms with E-state index in [-0.39, 0.29) is 15.9 Å². The maximum Gasteiger partial charge on any atom is 0.357 e. The number of nitro groups is 1. The molecule has 6 nitrogen and oxygen atoms in total. The smallest absolute Gasteiger partial charge is 0.321 e. The Balaban J connectivity index is 2.47. The van der Waals surface area contributed by atoms with Crippen LogP contribution in [0.5, 0.6) is 0 Å². The van der Waals surface area contributed by atoms with E-state index in [1.54, 1.807) is 18.2 Å². The summed E-state index contributed by atoms with van der Waals surface area (Å²) in [5.41, 5.74) is 1.55. The van der Waals surface area contributed by atoms with E-state index >= 15 is 0 Å². The zero-order chi connectivity index (χ0) is 16.5. The number of thiocarbonyl (C=S) groups is 1. The minimum Gasteiger partial charge on any atom is -0.321 e. The zero-order valence-corrected chi connectivity index (χ0v) is 13.4. The van der Waals surface area contributed by atoms with Crippen LogP contribution in [-0.4, -0.2) is 19.6 Å². The highest BCUT2D eigenvalue weighted by molar-refractivity contribution is 7.82. The fraction of sp³-hybridized carbons (Fsp3) is 0.214. The van der Waals surface area contributed by atoms with Gasteiger partial charge in [-0.3, -0.25) is 14.7 Å². The number of benzene rings is 1. The third kappa shape index (κ3) is 3.23. The number of nitrogens with zero attached hydrogens (tertiary/aromatic N) is 1. The van der Waals surface area contributed by atoms with Gasteiger partial charge in [0.1, 0.15) is 0 Å². The Labute approximate surface area is 132 Å². The van der Waals surface area contributed by atoms with Gasteiger partial charge in [0.15, 0.2) is 0 Å². The largest absolute Gasteiger partial charge is 0.357 e. The van der Waals surface area contributed by atoms with Crippen LogP contribution in [0.25, 0.3) is 0 Å². The van der Waals surface area contributed by atoms with E-state index in [0.29, 0.717) is 12.0 Å². The van der Waals surface area contributed by atoms with Crippen molar-refractivity contribution < 1.29 is 19.3 Å². The van der Waals surface area contributed by atoms with Crippen LogP contribution in [0.2, 0.25) is 0 Å².